The lowest BCUT2D eigenvalue weighted by Crippen LogP contribution is -2.24. The predicted molar refractivity (Wildman–Crippen MR) is 91.5 cm³/mol. The molecule has 2 aromatic rings. The van der Waals surface area contributed by atoms with Crippen molar-refractivity contribution in [3.63, 3.8) is 0 Å². The average molecular weight is 327 g/mol. The van der Waals surface area contributed by atoms with Crippen LogP contribution in [0.2, 0.25) is 0 Å². The van der Waals surface area contributed by atoms with E-state index in [0.717, 1.165) is 36.6 Å². The number of hydrogen-bond donors (Lipinski definition) is 1. The van der Waals surface area contributed by atoms with Gasteiger partial charge in [-0.05, 0) is 25.0 Å². The molecular formula is C18H21N3O3. The second kappa shape index (κ2) is 7.77. The summed E-state index contributed by atoms with van der Waals surface area (Å²) in [6.45, 7) is 0.0354. The van der Waals surface area contributed by atoms with Crippen LogP contribution in [0.1, 0.15) is 32.1 Å². The Hall–Kier alpha value is -2.63. The molecule has 1 aliphatic carbocycles. The lowest BCUT2D eigenvalue weighted by atomic mass is 9.89. The summed E-state index contributed by atoms with van der Waals surface area (Å²) in [6, 6.07) is 9.48. The smallest absolute Gasteiger partial charge is 0.338 e. The molecular weight excluding hydrogens is 306 g/mol. The van der Waals surface area contributed by atoms with Crippen LogP contribution >= 0.6 is 0 Å². The van der Waals surface area contributed by atoms with Crippen LogP contribution in [0.5, 0.6) is 5.75 Å². The molecule has 1 aromatic carbocycles. The highest BCUT2D eigenvalue weighted by atomic mass is 16.7. The molecule has 1 fully saturated rings. The Balaban J connectivity index is 1.56. The zero-order chi connectivity index (χ0) is 16.8. The van der Waals surface area contributed by atoms with Gasteiger partial charge in [0.1, 0.15) is 17.9 Å². The van der Waals surface area contributed by atoms with Crippen molar-refractivity contribution in [3.8, 4) is 5.75 Å². The summed E-state index contributed by atoms with van der Waals surface area (Å²) in [5.41, 5.74) is 6.53. The summed E-state index contributed by atoms with van der Waals surface area (Å²) in [6.07, 6.45) is 6.76. The largest absolute Gasteiger partial charge is 0.483 e. The number of oxime groups is 1. The maximum atomic E-state index is 11.9. The Morgan fingerprint density at radius 2 is 2.00 bits per heavy atom. The fraction of sp³-hybridized carbons (Fsp3) is 0.389. The van der Waals surface area contributed by atoms with E-state index < -0.39 is 0 Å². The number of carbonyl (C=O) groups excluding carboxylic acids is 1. The quantitative estimate of drug-likeness (QED) is 0.395. The molecule has 3 rings (SSSR count). The van der Waals surface area contributed by atoms with Crippen molar-refractivity contribution in [2.75, 3.05) is 6.61 Å². The number of carbonyl (C=O) groups is 1. The van der Waals surface area contributed by atoms with Crippen molar-refractivity contribution in [3.05, 3.63) is 36.5 Å². The van der Waals surface area contributed by atoms with E-state index in [2.05, 4.69) is 10.1 Å². The molecule has 0 atom stereocenters. The van der Waals surface area contributed by atoms with Crippen LogP contribution in [-0.2, 0) is 9.63 Å². The van der Waals surface area contributed by atoms with Gasteiger partial charge in [0.25, 0.3) is 0 Å². The number of ether oxygens (including phenoxy) is 1. The molecule has 0 spiro atoms. The second-order valence-corrected chi connectivity index (χ2v) is 5.95. The van der Waals surface area contributed by atoms with E-state index in [1.54, 1.807) is 6.20 Å². The number of nitrogens with two attached hydrogens (primary N) is 1. The van der Waals surface area contributed by atoms with Gasteiger partial charge in [0.2, 0.25) is 0 Å². The molecule has 1 heterocycles. The van der Waals surface area contributed by atoms with Crippen LogP contribution in [0.15, 0.2) is 41.7 Å². The third kappa shape index (κ3) is 4.01. The number of pyridine rings is 1. The first-order chi connectivity index (χ1) is 11.7. The Labute approximate surface area is 140 Å². The fourth-order valence-corrected chi connectivity index (χ4v) is 2.89. The van der Waals surface area contributed by atoms with E-state index >= 15 is 0 Å². The van der Waals surface area contributed by atoms with Gasteiger partial charge in [-0.1, -0.05) is 42.6 Å². The molecule has 1 saturated carbocycles. The van der Waals surface area contributed by atoms with Crippen LogP contribution in [0, 0.1) is 5.92 Å². The van der Waals surface area contributed by atoms with E-state index in [1.165, 1.54) is 6.42 Å². The van der Waals surface area contributed by atoms with Crippen LogP contribution in [0.4, 0.5) is 0 Å². The number of aromatic nitrogens is 1. The van der Waals surface area contributed by atoms with E-state index in [0.29, 0.717) is 5.75 Å². The van der Waals surface area contributed by atoms with Crippen molar-refractivity contribution in [1.29, 1.82) is 0 Å². The van der Waals surface area contributed by atoms with Crippen molar-refractivity contribution < 1.29 is 14.4 Å². The van der Waals surface area contributed by atoms with Gasteiger partial charge < -0.3 is 15.3 Å². The number of rotatable bonds is 5. The van der Waals surface area contributed by atoms with E-state index in [4.69, 9.17) is 15.3 Å². The molecule has 0 aliphatic heterocycles. The lowest BCUT2D eigenvalue weighted by Gasteiger charge is -2.18. The molecule has 2 N–H and O–H groups in total. The molecule has 6 nitrogen and oxygen atoms in total. The zero-order valence-corrected chi connectivity index (χ0v) is 13.5. The molecule has 24 heavy (non-hydrogen) atoms. The summed E-state index contributed by atoms with van der Waals surface area (Å²) < 4.78 is 5.65. The minimum absolute atomic E-state index is 0.0354. The number of hydrogen-bond acceptors (Lipinski definition) is 5. The first-order valence-corrected chi connectivity index (χ1v) is 8.24. The molecule has 1 aromatic heterocycles. The summed E-state index contributed by atoms with van der Waals surface area (Å²) in [5, 5.41) is 4.67. The van der Waals surface area contributed by atoms with Gasteiger partial charge in [-0.3, -0.25) is 4.98 Å². The number of fused-ring (bicyclic) bond motifs is 1. The van der Waals surface area contributed by atoms with E-state index in [1.807, 2.05) is 30.3 Å². The summed E-state index contributed by atoms with van der Waals surface area (Å²) >= 11 is 0. The Kier molecular flexibility index (Phi) is 5.25. The van der Waals surface area contributed by atoms with Gasteiger partial charge in [-0.15, -0.1) is 0 Å². The first-order valence-electron chi connectivity index (χ1n) is 8.24. The van der Waals surface area contributed by atoms with Crippen molar-refractivity contribution >= 4 is 22.7 Å². The average Bonchev–Trinajstić information content (AvgIpc) is 2.65. The van der Waals surface area contributed by atoms with E-state index in [9.17, 15) is 4.79 Å². The van der Waals surface area contributed by atoms with Gasteiger partial charge in [0.15, 0.2) is 5.84 Å². The number of amidine groups is 1. The standard InChI is InChI=1S/C18H21N3O3/c19-16(21-24-18(22)14-6-2-1-3-7-14)12-23-15-10-4-8-13-9-5-11-20-17(13)15/h4-5,8-11,14H,1-3,6-7,12H2,(H2,19,21). The molecule has 0 amide bonds. The monoisotopic (exact) mass is 327 g/mol. The lowest BCUT2D eigenvalue weighted by molar-refractivity contribution is -0.149. The van der Waals surface area contributed by atoms with Crippen molar-refractivity contribution in [2.45, 2.75) is 32.1 Å². The first kappa shape index (κ1) is 16.2. The van der Waals surface area contributed by atoms with Crippen LogP contribution in [0.3, 0.4) is 0 Å². The Bertz CT molecular complexity index is 734. The maximum Gasteiger partial charge on any atom is 0.338 e. The van der Waals surface area contributed by atoms with Gasteiger partial charge >= 0.3 is 5.97 Å². The minimum Gasteiger partial charge on any atom is -0.483 e. The molecule has 0 saturated heterocycles. The highest BCUT2D eigenvalue weighted by molar-refractivity contribution is 5.86. The third-order valence-electron chi connectivity index (χ3n) is 4.16. The van der Waals surface area contributed by atoms with E-state index in [-0.39, 0.29) is 24.3 Å². The topological polar surface area (TPSA) is 86.8 Å². The van der Waals surface area contributed by atoms with Crippen LogP contribution in [-0.4, -0.2) is 23.4 Å². The number of nitrogens with zero attached hydrogens (tertiary/aromatic N) is 2. The summed E-state index contributed by atoms with van der Waals surface area (Å²) in [5.74, 6) is 0.375. The molecule has 6 heteroatoms. The fourth-order valence-electron chi connectivity index (χ4n) is 2.89. The van der Waals surface area contributed by atoms with Crippen LogP contribution in [0.25, 0.3) is 10.9 Å². The minimum atomic E-state index is -0.301. The molecule has 1 aliphatic rings. The Morgan fingerprint density at radius 1 is 1.21 bits per heavy atom. The summed E-state index contributed by atoms with van der Waals surface area (Å²) in [7, 11) is 0. The maximum absolute atomic E-state index is 11.9. The van der Waals surface area contributed by atoms with Crippen molar-refractivity contribution in [1.82, 2.24) is 4.98 Å². The van der Waals surface area contributed by atoms with Gasteiger partial charge in [0, 0.05) is 11.6 Å². The normalized spacial score (nSPS) is 16.1. The number of para-hydroxylation sites is 1. The van der Waals surface area contributed by atoms with Crippen molar-refractivity contribution in [2.24, 2.45) is 16.8 Å². The third-order valence-corrected chi connectivity index (χ3v) is 4.16. The predicted octanol–water partition coefficient (Wildman–Crippen LogP) is 3.01. The van der Waals surface area contributed by atoms with Gasteiger partial charge in [-0.25, -0.2) is 4.79 Å². The summed E-state index contributed by atoms with van der Waals surface area (Å²) in [4.78, 5) is 21.2. The molecule has 0 radical (unpaired) electrons. The van der Waals surface area contributed by atoms with Gasteiger partial charge in [0.05, 0.1) is 5.92 Å². The molecule has 126 valence electrons. The second-order valence-electron chi connectivity index (χ2n) is 5.95. The molecule has 0 unspecified atom stereocenters. The molecule has 0 bridgehead atoms. The highest BCUT2D eigenvalue weighted by Crippen LogP contribution is 2.25. The zero-order valence-electron chi connectivity index (χ0n) is 13.5. The van der Waals surface area contributed by atoms with Crippen LogP contribution < -0.4 is 10.5 Å². The Morgan fingerprint density at radius 3 is 2.83 bits per heavy atom. The number of benzene rings is 1. The SMILES string of the molecule is NC(COc1cccc2cccnc12)=NOC(=O)C1CCCCC1. The van der Waals surface area contributed by atoms with Gasteiger partial charge in [-0.2, -0.15) is 0 Å². The highest BCUT2D eigenvalue weighted by Gasteiger charge is 2.22.